The first-order chi connectivity index (χ1) is 12.9. The minimum atomic E-state index is -4.10. The monoisotopic (exact) mass is 390 g/mol. The molecule has 1 aliphatic rings. The number of carbonyl (C=O) groups excluding carboxylic acids is 1. The summed E-state index contributed by atoms with van der Waals surface area (Å²) in [7, 11) is -1.25. The number of carbonyl (C=O) groups is 1. The molecule has 0 heterocycles. The fourth-order valence-corrected chi connectivity index (χ4v) is 4.13. The van der Waals surface area contributed by atoms with Gasteiger partial charge in [-0.2, -0.15) is 8.42 Å². The van der Waals surface area contributed by atoms with Gasteiger partial charge in [-0.1, -0.05) is 17.7 Å². The van der Waals surface area contributed by atoms with Gasteiger partial charge < -0.3 is 13.7 Å². The molecule has 2 aromatic rings. The molecule has 0 aromatic heterocycles. The van der Waals surface area contributed by atoms with E-state index >= 15 is 0 Å². The van der Waals surface area contributed by atoms with Crippen LogP contribution < -0.4 is 13.7 Å². The Morgan fingerprint density at radius 2 is 1.59 bits per heavy atom. The van der Waals surface area contributed by atoms with Crippen molar-refractivity contribution in [1.82, 2.24) is 0 Å². The molecule has 0 fully saturated rings. The van der Waals surface area contributed by atoms with Crippen LogP contribution in [0.4, 0.5) is 0 Å². The molecule has 3 rings (SSSR count). The van der Waals surface area contributed by atoms with Crippen molar-refractivity contribution in [3.8, 4) is 17.2 Å². The first-order valence-electron chi connectivity index (χ1n) is 8.69. The zero-order chi connectivity index (χ0) is 19.6. The number of rotatable bonds is 5. The Morgan fingerprint density at radius 1 is 0.926 bits per heavy atom. The third kappa shape index (κ3) is 3.78. The van der Waals surface area contributed by atoms with E-state index < -0.39 is 10.1 Å². The molecule has 0 saturated carbocycles. The normalized spacial score (nSPS) is 14.3. The van der Waals surface area contributed by atoms with Crippen molar-refractivity contribution >= 4 is 15.9 Å². The largest absolute Gasteiger partial charge is 0.493 e. The Kier molecular flexibility index (Phi) is 5.41. The average Bonchev–Trinajstić information content (AvgIpc) is 2.83. The number of ketones is 1. The zero-order valence-electron chi connectivity index (χ0n) is 15.6. The fourth-order valence-electron chi connectivity index (χ4n) is 3.17. The van der Waals surface area contributed by atoms with Crippen LogP contribution in [0.2, 0.25) is 0 Å². The number of benzene rings is 2. The maximum absolute atomic E-state index is 12.8. The van der Waals surface area contributed by atoms with E-state index in [0.29, 0.717) is 24.0 Å². The first-order valence-corrected chi connectivity index (χ1v) is 10.1. The second-order valence-corrected chi connectivity index (χ2v) is 7.99. The number of fused-ring (bicyclic) bond motifs is 1. The van der Waals surface area contributed by atoms with Gasteiger partial charge in [0, 0.05) is 17.5 Å². The van der Waals surface area contributed by atoms with Gasteiger partial charge in [0.05, 0.1) is 14.2 Å². The standard InChI is InChI=1S/C20H22O6S/c1-13-8-10-14(11-9-13)27(22,23)26-19-15-6-4-5-7-17(21)16(15)12-18(24-2)20(19)25-3/h8-12H,4-7H2,1-3H3. The van der Waals surface area contributed by atoms with E-state index in [1.165, 1.54) is 26.4 Å². The molecule has 0 radical (unpaired) electrons. The van der Waals surface area contributed by atoms with Gasteiger partial charge in [0.1, 0.15) is 4.90 Å². The van der Waals surface area contributed by atoms with Crippen molar-refractivity contribution in [2.45, 2.75) is 37.5 Å². The molecule has 6 nitrogen and oxygen atoms in total. The van der Waals surface area contributed by atoms with Gasteiger partial charge >= 0.3 is 10.1 Å². The van der Waals surface area contributed by atoms with Gasteiger partial charge in [-0.25, -0.2) is 0 Å². The quantitative estimate of drug-likeness (QED) is 0.572. The summed E-state index contributed by atoms with van der Waals surface area (Å²) in [6, 6.07) is 7.97. The van der Waals surface area contributed by atoms with Crippen molar-refractivity contribution in [1.29, 1.82) is 0 Å². The predicted molar refractivity (Wildman–Crippen MR) is 100 cm³/mol. The van der Waals surface area contributed by atoms with E-state index in [1.807, 2.05) is 6.92 Å². The van der Waals surface area contributed by atoms with Crippen molar-refractivity contribution in [3.05, 3.63) is 47.0 Å². The molecular formula is C20H22O6S. The lowest BCUT2D eigenvalue weighted by molar-refractivity contribution is 0.0981. The van der Waals surface area contributed by atoms with E-state index in [0.717, 1.165) is 18.4 Å². The van der Waals surface area contributed by atoms with Crippen LogP contribution in [0.1, 0.15) is 40.7 Å². The number of methoxy groups -OCH3 is 2. The van der Waals surface area contributed by atoms with Crippen LogP contribution in [-0.4, -0.2) is 28.4 Å². The summed E-state index contributed by atoms with van der Waals surface area (Å²) in [5.41, 5.74) is 1.91. The summed E-state index contributed by atoms with van der Waals surface area (Å²) in [5.74, 6) is 0.408. The van der Waals surface area contributed by atoms with Crippen LogP contribution in [-0.2, 0) is 16.5 Å². The third-order valence-corrected chi connectivity index (χ3v) is 5.85. The van der Waals surface area contributed by atoms with Crippen LogP contribution in [0, 0.1) is 6.92 Å². The molecule has 0 atom stereocenters. The lowest BCUT2D eigenvalue weighted by atomic mass is 10.00. The van der Waals surface area contributed by atoms with Crippen LogP contribution >= 0.6 is 0 Å². The summed E-state index contributed by atoms with van der Waals surface area (Å²) in [6.45, 7) is 1.87. The number of Topliss-reactive ketones (excluding diaryl/α,β-unsaturated/α-hetero) is 1. The Balaban J connectivity index is 2.17. The van der Waals surface area contributed by atoms with Crippen molar-refractivity contribution < 1.29 is 26.9 Å². The van der Waals surface area contributed by atoms with Gasteiger partial charge in [-0.15, -0.1) is 0 Å². The summed E-state index contributed by atoms with van der Waals surface area (Å²) in [5, 5.41) is 0. The highest BCUT2D eigenvalue weighted by Crippen LogP contribution is 2.45. The van der Waals surface area contributed by atoms with Crippen molar-refractivity contribution in [2.75, 3.05) is 14.2 Å². The maximum atomic E-state index is 12.8. The molecule has 0 amide bonds. The number of hydrogen-bond donors (Lipinski definition) is 0. The molecule has 2 aromatic carbocycles. The van der Waals surface area contributed by atoms with E-state index in [-0.39, 0.29) is 27.9 Å². The second kappa shape index (κ2) is 7.60. The van der Waals surface area contributed by atoms with Crippen LogP contribution in [0.5, 0.6) is 17.2 Å². The lowest BCUT2D eigenvalue weighted by Gasteiger charge is -2.19. The van der Waals surface area contributed by atoms with Crippen LogP contribution in [0.15, 0.2) is 35.2 Å². The molecule has 0 aliphatic heterocycles. The minimum absolute atomic E-state index is 0.0303. The topological polar surface area (TPSA) is 78.9 Å². The van der Waals surface area contributed by atoms with Gasteiger partial charge in [-0.05, 0) is 44.4 Å². The van der Waals surface area contributed by atoms with E-state index in [2.05, 4.69) is 0 Å². The summed E-state index contributed by atoms with van der Waals surface area (Å²) >= 11 is 0. The highest BCUT2D eigenvalue weighted by Gasteiger charge is 2.29. The Hall–Kier alpha value is -2.54. The molecular weight excluding hydrogens is 368 g/mol. The number of hydrogen-bond acceptors (Lipinski definition) is 6. The van der Waals surface area contributed by atoms with Gasteiger partial charge in [0.2, 0.25) is 5.75 Å². The molecule has 0 bridgehead atoms. The van der Waals surface area contributed by atoms with Gasteiger partial charge in [-0.3, -0.25) is 4.79 Å². The molecule has 144 valence electrons. The smallest absolute Gasteiger partial charge is 0.339 e. The van der Waals surface area contributed by atoms with Gasteiger partial charge in [0.15, 0.2) is 17.3 Å². The third-order valence-electron chi connectivity index (χ3n) is 4.61. The molecule has 0 N–H and O–H groups in total. The first kappa shape index (κ1) is 19.2. The Bertz CT molecular complexity index is 961. The SMILES string of the molecule is COc1cc2c(c(OS(=O)(=O)c3ccc(C)cc3)c1OC)CCCCC2=O. The predicted octanol–water partition coefficient (Wildman–Crippen LogP) is 3.69. The maximum Gasteiger partial charge on any atom is 0.339 e. The number of ether oxygens (including phenoxy) is 2. The molecule has 7 heteroatoms. The lowest BCUT2D eigenvalue weighted by Crippen LogP contribution is -2.14. The Morgan fingerprint density at radius 3 is 2.22 bits per heavy atom. The molecule has 0 saturated heterocycles. The molecule has 27 heavy (non-hydrogen) atoms. The second-order valence-electron chi connectivity index (χ2n) is 6.45. The van der Waals surface area contributed by atoms with E-state index in [1.54, 1.807) is 18.2 Å². The fraction of sp³-hybridized carbons (Fsp3) is 0.350. The zero-order valence-corrected chi connectivity index (χ0v) is 16.4. The minimum Gasteiger partial charge on any atom is -0.493 e. The summed E-state index contributed by atoms with van der Waals surface area (Å²) < 4.78 is 41.9. The molecule has 0 spiro atoms. The van der Waals surface area contributed by atoms with E-state index in [4.69, 9.17) is 13.7 Å². The molecule has 0 unspecified atom stereocenters. The van der Waals surface area contributed by atoms with Crippen molar-refractivity contribution in [3.63, 3.8) is 0 Å². The highest BCUT2D eigenvalue weighted by atomic mass is 32.2. The summed E-state index contributed by atoms with van der Waals surface area (Å²) in [6.07, 6.45) is 2.43. The van der Waals surface area contributed by atoms with Gasteiger partial charge in [0.25, 0.3) is 0 Å². The van der Waals surface area contributed by atoms with Crippen molar-refractivity contribution in [2.24, 2.45) is 0 Å². The summed E-state index contributed by atoms with van der Waals surface area (Å²) in [4.78, 5) is 12.5. The Labute approximate surface area is 159 Å². The van der Waals surface area contributed by atoms with Crippen LogP contribution in [0.25, 0.3) is 0 Å². The average molecular weight is 390 g/mol. The molecule has 1 aliphatic carbocycles. The van der Waals surface area contributed by atoms with E-state index in [9.17, 15) is 13.2 Å². The highest BCUT2D eigenvalue weighted by molar-refractivity contribution is 7.87. The number of aryl methyl sites for hydroxylation is 1. The van der Waals surface area contributed by atoms with Crippen LogP contribution in [0.3, 0.4) is 0 Å².